The van der Waals surface area contributed by atoms with Gasteiger partial charge in [-0.15, -0.1) is 11.3 Å². The third-order valence-electron chi connectivity index (χ3n) is 4.07. The molecule has 0 aliphatic carbocycles. The lowest BCUT2D eigenvalue weighted by molar-refractivity contribution is 0.0711. The highest BCUT2D eigenvalue weighted by atomic mass is 32.1. The molecule has 5 nitrogen and oxygen atoms in total. The molecular weight excluding hydrogens is 367 g/mol. The highest BCUT2D eigenvalue weighted by Gasteiger charge is 2.16. The first-order chi connectivity index (χ1) is 13.0. The van der Waals surface area contributed by atoms with Crippen LogP contribution in [0, 0.1) is 5.82 Å². The van der Waals surface area contributed by atoms with Gasteiger partial charge in [0.05, 0.1) is 15.8 Å². The Balaban J connectivity index is 1.69. The van der Waals surface area contributed by atoms with E-state index in [-0.39, 0.29) is 22.6 Å². The van der Waals surface area contributed by atoms with E-state index in [1.807, 2.05) is 37.3 Å². The molecule has 0 unspecified atom stereocenters. The lowest BCUT2D eigenvalue weighted by Crippen LogP contribution is -2.25. The molecule has 3 aromatic rings. The number of halogens is 1. The molecule has 3 rings (SSSR count). The molecule has 0 fully saturated rings. The fourth-order valence-corrected chi connectivity index (χ4v) is 3.42. The fraction of sp³-hybridized carbons (Fsp3) is 0.100. The number of nitrogens with one attached hydrogen (secondary N) is 2. The fourth-order valence-electron chi connectivity index (χ4n) is 2.62. The first-order valence-corrected chi connectivity index (χ1v) is 9.00. The molecule has 0 aliphatic heterocycles. The molecule has 2 aromatic carbocycles. The van der Waals surface area contributed by atoms with Crippen molar-refractivity contribution in [3.8, 4) is 11.1 Å². The van der Waals surface area contributed by atoms with Crippen molar-refractivity contribution in [3.63, 3.8) is 0 Å². The van der Waals surface area contributed by atoms with Crippen LogP contribution in [0.15, 0.2) is 60.7 Å². The summed E-state index contributed by atoms with van der Waals surface area (Å²) in [6, 6.07) is 16.6. The van der Waals surface area contributed by atoms with Crippen molar-refractivity contribution in [2.24, 2.45) is 0 Å². The number of rotatable bonds is 5. The molecule has 27 heavy (non-hydrogen) atoms. The van der Waals surface area contributed by atoms with Gasteiger partial charge in [-0.1, -0.05) is 36.4 Å². The van der Waals surface area contributed by atoms with Crippen LogP contribution < -0.4 is 10.8 Å². The van der Waals surface area contributed by atoms with Gasteiger partial charge in [0.2, 0.25) is 0 Å². The first-order valence-electron chi connectivity index (χ1n) is 8.19. The second kappa shape index (κ2) is 8.11. The minimum atomic E-state index is -0.653. The van der Waals surface area contributed by atoms with Gasteiger partial charge in [-0.2, -0.15) is 0 Å². The average molecular weight is 384 g/mol. The van der Waals surface area contributed by atoms with Gasteiger partial charge in [0, 0.05) is 0 Å². The molecule has 0 bridgehead atoms. The maximum absolute atomic E-state index is 13.4. The number of thiophene rings is 1. The van der Waals surface area contributed by atoms with Gasteiger partial charge in [0.25, 0.3) is 11.8 Å². The zero-order valence-corrected chi connectivity index (χ0v) is 15.2. The van der Waals surface area contributed by atoms with Gasteiger partial charge in [0.15, 0.2) is 0 Å². The number of hydrogen-bond donors (Lipinski definition) is 3. The average Bonchev–Trinajstić information content (AvgIpc) is 3.18. The Labute approximate surface area is 159 Å². The third-order valence-corrected chi connectivity index (χ3v) is 5.15. The van der Waals surface area contributed by atoms with Crippen LogP contribution in [0.1, 0.15) is 37.9 Å². The standard InChI is InChI=1S/C20H17FN2O3S/c1-12(22-19(24)17-9-10-18(27-17)20(25)23-26)13-5-7-14(8-6-13)15-3-2-4-16(21)11-15/h2-12,26H,1H3,(H,22,24)(H,23,25)/t12-/m1/s1. The molecule has 2 amide bonds. The predicted molar refractivity (Wildman–Crippen MR) is 101 cm³/mol. The molecule has 0 saturated heterocycles. The van der Waals surface area contributed by atoms with Crippen molar-refractivity contribution in [1.29, 1.82) is 0 Å². The maximum Gasteiger partial charge on any atom is 0.284 e. The van der Waals surface area contributed by atoms with Gasteiger partial charge < -0.3 is 5.32 Å². The van der Waals surface area contributed by atoms with Crippen molar-refractivity contribution in [2.75, 3.05) is 0 Å². The number of carbonyl (C=O) groups excluding carboxylic acids is 2. The Hall–Kier alpha value is -3.03. The number of benzene rings is 2. The topological polar surface area (TPSA) is 78.4 Å². The second-order valence-electron chi connectivity index (χ2n) is 5.93. The molecule has 0 saturated carbocycles. The van der Waals surface area contributed by atoms with Crippen LogP contribution in [0.2, 0.25) is 0 Å². The highest BCUT2D eigenvalue weighted by Crippen LogP contribution is 2.23. The van der Waals surface area contributed by atoms with Crippen molar-refractivity contribution in [1.82, 2.24) is 10.8 Å². The Morgan fingerprint density at radius 1 is 0.963 bits per heavy atom. The maximum atomic E-state index is 13.4. The minimum absolute atomic E-state index is 0.245. The summed E-state index contributed by atoms with van der Waals surface area (Å²) in [5, 5.41) is 11.5. The van der Waals surface area contributed by atoms with Gasteiger partial charge >= 0.3 is 0 Å². The van der Waals surface area contributed by atoms with Crippen LogP contribution in [0.25, 0.3) is 11.1 Å². The van der Waals surface area contributed by atoms with Crippen molar-refractivity contribution in [2.45, 2.75) is 13.0 Å². The van der Waals surface area contributed by atoms with E-state index in [2.05, 4.69) is 5.32 Å². The largest absolute Gasteiger partial charge is 0.345 e. The summed E-state index contributed by atoms with van der Waals surface area (Å²) in [4.78, 5) is 24.3. The summed E-state index contributed by atoms with van der Waals surface area (Å²) in [5.74, 6) is -1.25. The number of hydroxylamine groups is 1. The highest BCUT2D eigenvalue weighted by molar-refractivity contribution is 7.15. The number of carbonyl (C=O) groups is 2. The lowest BCUT2D eigenvalue weighted by atomic mass is 10.0. The summed E-state index contributed by atoms with van der Waals surface area (Å²) in [7, 11) is 0. The summed E-state index contributed by atoms with van der Waals surface area (Å²) < 4.78 is 13.4. The summed E-state index contributed by atoms with van der Waals surface area (Å²) in [6.07, 6.45) is 0. The van der Waals surface area contributed by atoms with E-state index < -0.39 is 5.91 Å². The zero-order valence-electron chi connectivity index (χ0n) is 14.4. The normalized spacial score (nSPS) is 11.7. The van der Waals surface area contributed by atoms with Crippen molar-refractivity contribution < 1.29 is 19.2 Å². The SMILES string of the molecule is C[C@@H](NC(=O)c1ccc(C(=O)NO)s1)c1ccc(-c2cccc(F)c2)cc1. The van der Waals surface area contributed by atoms with Crippen LogP contribution in [0.4, 0.5) is 4.39 Å². The van der Waals surface area contributed by atoms with E-state index in [9.17, 15) is 14.0 Å². The second-order valence-corrected chi connectivity index (χ2v) is 7.02. The van der Waals surface area contributed by atoms with E-state index in [4.69, 9.17) is 5.21 Å². The number of hydrogen-bond acceptors (Lipinski definition) is 4. The predicted octanol–water partition coefficient (Wildman–Crippen LogP) is 4.16. The Morgan fingerprint density at radius 2 is 1.63 bits per heavy atom. The first kappa shape index (κ1) is 18.8. The molecule has 7 heteroatoms. The molecule has 1 heterocycles. The quantitative estimate of drug-likeness (QED) is 0.456. The third kappa shape index (κ3) is 4.39. The van der Waals surface area contributed by atoms with Gasteiger partial charge in [0.1, 0.15) is 5.82 Å². The van der Waals surface area contributed by atoms with E-state index >= 15 is 0 Å². The van der Waals surface area contributed by atoms with Gasteiger partial charge in [-0.3, -0.25) is 14.8 Å². The molecule has 0 spiro atoms. The summed E-state index contributed by atoms with van der Waals surface area (Å²) in [6.45, 7) is 1.85. The monoisotopic (exact) mass is 384 g/mol. The van der Waals surface area contributed by atoms with Crippen molar-refractivity contribution >= 4 is 23.2 Å². The molecule has 138 valence electrons. The molecule has 1 aromatic heterocycles. The van der Waals surface area contributed by atoms with Crippen LogP contribution >= 0.6 is 11.3 Å². The van der Waals surface area contributed by atoms with E-state index in [1.54, 1.807) is 6.07 Å². The summed E-state index contributed by atoms with van der Waals surface area (Å²) in [5.41, 5.74) is 4.10. The van der Waals surface area contributed by atoms with E-state index in [0.717, 1.165) is 28.0 Å². The zero-order chi connectivity index (χ0) is 19.4. The summed E-state index contributed by atoms with van der Waals surface area (Å²) >= 11 is 0.992. The minimum Gasteiger partial charge on any atom is -0.345 e. The Kier molecular flexibility index (Phi) is 5.63. The molecule has 3 N–H and O–H groups in total. The van der Waals surface area contributed by atoms with Crippen LogP contribution in [-0.4, -0.2) is 17.0 Å². The van der Waals surface area contributed by atoms with E-state index in [1.165, 1.54) is 29.7 Å². The molecule has 1 atom stereocenters. The van der Waals surface area contributed by atoms with Crippen molar-refractivity contribution in [3.05, 3.63) is 81.8 Å². The Morgan fingerprint density at radius 3 is 2.26 bits per heavy atom. The smallest absolute Gasteiger partial charge is 0.284 e. The van der Waals surface area contributed by atoms with Gasteiger partial charge in [-0.25, -0.2) is 9.87 Å². The molecule has 0 aliphatic rings. The van der Waals surface area contributed by atoms with Crippen LogP contribution in [0.5, 0.6) is 0 Å². The van der Waals surface area contributed by atoms with E-state index in [0.29, 0.717) is 4.88 Å². The van der Waals surface area contributed by atoms with Crippen LogP contribution in [0.3, 0.4) is 0 Å². The number of amides is 2. The Bertz CT molecular complexity index is 969. The van der Waals surface area contributed by atoms with Crippen LogP contribution in [-0.2, 0) is 0 Å². The molecular formula is C20H17FN2O3S. The lowest BCUT2D eigenvalue weighted by Gasteiger charge is -2.14. The molecule has 0 radical (unpaired) electrons. The van der Waals surface area contributed by atoms with Gasteiger partial charge in [-0.05, 0) is 47.9 Å².